The zero-order valence-corrected chi connectivity index (χ0v) is 8.52. The number of hydrogen-bond acceptors (Lipinski definition) is 2. The first-order chi connectivity index (χ1) is 7.34. The molecule has 0 unspecified atom stereocenters. The first kappa shape index (κ1) is 9.04. The summed E-state index contributed by atoms with van der Waals surface area (Å²) >= 11 is 0. The summed E-state index contributed by atoms with van der Waals surface area (Å²) in [6.45, 7) is -0.216. The molecule has 0 amide bonds. The molecule has 1 radical (unpaired) electrons. The Bertz CT molecular complexity index is 456. The maximum absolute atomic E-state index is 11.4. The van der Waals surface area contributed by atoms with Crippen LogP contribution in [0.4, 0.5) is 0 Å². The maximum atomic E-state index is 11.4. The van der Waals surface area contributed by atoms with Crippen LogP contribution in [-0.2, 0) is 5.11 Å². The van der Waals surface area contributed by atoms with Crippen LogP contribution < -0.4 is 10.7 Å². The van der Waals surface area contributed by atoms with Gasteiger partial charge in [-0.2, -0.15) is 0 Å². The Balaban J connectivity index is 2.12. The molecule has 2 aliphatic rings. The van der Waals surface area contributed by atoms with E-state index in [1.165, 1.54) is 6.42 Å². The van der Waals surface area contributed by atoms with Crippen molar-refractivity contribution in [1.29, 1.82) is 0 Å². The van der Waals surface area contributed by atoms with E-state index in [0.29, 0.717) is 5.92 Å². The Morgan fingerprint density at radius 3 is 2.20 bits per heavy atom. The van der Waals surface area contributed by atoms with Gasteiger partial charge in [0.1, 0.15) is 6.61 Å². The third-order valence-electron chi connectivity index (χ3n) is 3.48. The average Bonchev–Trinajstić information content (AvgIpc) is 2.54. The molecule has 0 spiro atoms. The Kier molecular flexibility index (Phi) is 1.89. The topological polar surface area (TPSA) is 44.6 Å². The molecule has 1 heterocycles. The molecule has 1 aromatic rings. The second-order valence-corrected chi connectivity index (χ2v) is 4.36. The van der Waals surface area contributed by atoms with Gasteiger partial charge in [0.25, 0.3) is 0 Å². The number of rotatable bonds is 2. The van der Waals surface area contributed by atoms with E-state index in [1.54, 1.807) is 0 Å². The van der Waals surface area contributed by atoms with Gasteiger partial charge < -0.3 is 0 Å². The zero-order chi connectivity index (χ0) is 10.3. The smallest absolute Gasteiger partial charge is 0.180 e. The lowest BCUT2D eigenvalue weighted by atomic mass is 9.76. The van der Waals surface area contributed by atoms with Crippen LogP contribution in [0.5, 0.6) is 0 Å². The molecule has 15 heavy (non-hydrogen) atoms. The molecule has 1 aliphatic carbocycles. The van der Waals surface area contributed by atoms with Crippen LogP contribution in [-0.4, -0.2) is 12.3 Å². The zero-order valence-electron chi connectivity index (χ0n) is 8.52. The molecule has 77 valence electrons. The molecule has 3 nitrogen and oxygen atoms in total. The summed E-state index contributed by atoms with van der Waals surface area (Å²) in [5, 5.41) is 13.1. The summed E-state index contributed by atoms with van der Waals surface area (Å²) in [5.41, 5.74) is -0.665. The van der Waals surface area contributed by atoms with Crippen molar-refractivity contribution >= 4 is 0 Å². The fourth-order valence-electron chi connectivity index (χ4n) is 2.33. The van der Waals surface area contributed by atoms with E-state index in [-0.39, 0.29) is 6.61 Å². The minimum Gasteiger partial charge on any atom is -0.250 e. The second-order valence-electron chi connectivity index (χ2n) is 4.36. The highest BCUT2D eigenvalue weighted by molar-refractivity contribution is 5.10. The summed E-state index contributed by atoms with van der Waals surface area (Å²) in [4.78, 5) is 9.09. The number of fused-ring (bicyclic) bond motifs is 1. The monoisotopic (exact) mass is 201 g/mol. The van der Waals surface area contributed by atoms with E-state index in [2.05, 4.69) is 9.98 Å². The fourth-order valence-corrected chi connectivity index (χ4v) is 2.33. The number of hydrogen-bond donors (Lipinski definition) is 0. The van der Waals surface area contributed by atoms with Crippen LogP contribution in [0.1, 0.15) is 19.3 Å². The predicted molar refractivity (Wildman–Crippen MR) is 54.4 cm³/mol. The Morgan fingerprint density at radius 2 is 1.80 bits per heavy atom. The molecule has 0 N–H and O–H groups in total. The van der Waals surface area contributed by atoms with Gasteiger partial charge in [0, 0.05) is 5.92 Å². The lowest BCUT2D eigenvalue weighted by Crippen LogP contribution is -2.40. The summed E-state index contributed by atoms with van der Waals surface area (Å²) in [5.74, 6) is 0.377. The van der Waals surface area contributed by atoms with Crippen molar-refractivity contribution in [1.82, 2.24) is 0 Å². The third-order valence-corrected chi connectivity index (χ3v) is 3.48. The van der Waals surface area contributed by atoms with Gasteiger partial charge in [-0.1, -0.05) is 18.6 Å². The fraction of sp³-hybridized carbons (Fsp3) is 0.500. The van der Waals surface area contributed by atoms with Gasteiger partial charge in [-0.3, -0.25) is 9.98 Å². The summed E-state index contributed by atoms with van der Waals surface area (Å²) in [6.07, 6.45) is 3.42. The molecule has 3 rings (SSSR count). The molecule has 3 heteroatoms. The molecule has 1 aromatic carbocycles. The van der Waals surface area contributed by atoms with Crippen LogP contribution in [0.2, 0.25) is 0 Å². The highest BCUT2D eigenvalue weighted by Crippen LogP contribution is 2.39. The van der Waals surface area contributed by atoms with Gasteiger partial charge in [-0.15, -0.1) is 0 Å². The Hall–Kier alpha value is -1.22. The predicted octanol–water partition coefficient (Wildman–Crippen LogP) is 0.866. The molecule has 1 aliphatic heterocycles. The largest absolute Gasteiger partial charge is 0.250 e. The normalized spacial score (nSPS) is 22.5. The van der Waals surface area contributed by atoms with Crippen molar-refractivity contribution in [3.8, 4) is 0 Å². The Morgan fingerprint density at radius 1 is 1.20 bits per heavy atom. The molecule has 1 fully saturated rings. The van der Waals surface area contributed by atoms with Crippen molar-refractivity contribution in [2.24, 2.45) is 15.9 Å². The van der Waals surface area contributed by atoms with E-state index in [4.69, 9.17) is 0 Å². The van der Waals surface area contributed by atoms with Crippen LogP contribution in [0.25, 0.3) is 0 Å². The van der Waals surface area contributed by atoms with Crippen molar-refractivity contribution in [3.05, 3.63) is 35.0 Å². The maximum Gasteiger partial charge on any atom is 0.180 e. The van der Waals surface area contributed by atoms with Gasteiger partial charge >= 0.3 is 0 Å². The van der Waals surface area contributed by atoms with Gasteiger partial charge in [-0.25, -0.2) is 5.11 Å². The van der Waals surface area contributed by atoms with E-state index < -0.39 is 5.66 Å². The lowest BCUT2D eigenvalue weighted by molar-refractivity contribution is 0.0588. The van der Waals surface area contributed by atoms with E-state index in [9.17, 15) is 5.11 Å². The van der Waals surface area contributed by atoms with Crippen molar-refractivity contribution < 1.29 is 5.11 Å². The summed E-state index contributed by atoms with van der Waals surface area (Å²) in [6, 6.07) is 7.77. The molecule has 0 aromatic heterocycles. The van der Waals surface area contributed by atoms with Gasteiger partial charge in [0.05, 0.1) is 10.7 Å². The minimum atomic E-state index is -0.665. The highest BCUT2D eigenvalue weighted by Gasteiger charge is 2.43. The van der Waals surface area contributed by atoms with Crippen LogP contribution in [0, 0.1) is 5.92 Å². The summed E-state index contributed by atoms with van der Waals surface area (Å²) in [7, 11) is 0. The standard InChI is InChI=1S/C12H13N2O/c15-8-12(9-4-3-5-9)13-10-6-1-2-7-11(10)14-12/h1-2,6-7,9H,3-5,8H2. The molecule has 1 saturated carbocycles. The first-order valence-corrected chi connectivity index (χ1v) is 5.47. The van der Waals surface area contributed by atoms with Crippen LogP contribution in [0.15, 0.2) is 34.3 Å². The average molecular weight is 201 g/mol. The number of para-hydroxylation sites is 2. The third kappa shape index (κ3) is 1.23. The van der Waals surface area contributed by atoms with Crippen molar-refractivity contribution in [3.63, 3.8) is 0 Å². The van der Waals surface area contributed by atoms with E-state index in [0.717, 1.165) is 23.6 Å². The second kappa shape index (κ2) is 3.14. The lowest BCUT2D eigenvalue weighted by Gasteiger charge is -2.36. The van der Waals surface area contributed by atoms with Crippen LogP contribution >= 0.6 is 0 Å². The van der Waals surface area contributed by atoms with Gasteiger partial charge in [0.2, 0.25) is 0 Å². The highest BCUT2D eigenvalue weighted by atomic mass is 16.3. The molecule has 0 atom stereocenters. The molecule has 0 saturated heterocycles. The van der Waals surface area contributed by atoms with Gasteiger partial charge in [0.15, 0.2) is 5.66 Å². The van der Waals surface area contributed by atoms with Crippen molar-refractivity contribution in [2.45, 2.75) is 24.9 Å². The molecular weight excluding hydrogens is 188 g/mol. The Labute approximate surface area is 88.2 Å². The van der Waals surface area contributed by atoms with E-state index in [1.807, 2.05) is 24.3 Å². The van der Waals surface area contributed by atoms with Crippen LogP contribution in [0.3, 0.4) is 0 Å². The number of benzene rings is 1. The SMILES string of the molecule is [O]CC1(C2CCC2)N=c2ccccc2=N1. The molecule has 0 bridgehead atoms. The van der Waals surface area contributed by atoms with Crippen molar-refractivity contribution in [2.75, 3.05) is 6.61 Å². The molecular formula is C12H13N2O. The summed E-state index contributed by atoms with van der Waals surface area (Å²) < 4.78 is 0. The van der Waals surface area contributed by atoms with Gasteiger partial charge in [-0.05, 0) is 25.0 Å². The van der Waals surface area contributed by atoms with E-state index >= 15 is 0 Å². The quantitative estimate of drug-likeness (QED) is 0.681. The minimum absolute atomic E-state index is 0.216. The number of nitrogens with zero attached hydrogens (tertiary/aromatic N) is 2. The first-order valence-electron chi connectivity index (χ1n) is 5.47.